The van der Waals surface area contributed by atoms with Crippen LogP contribution in [0.4, 0.5) is 8.78 Å². The zero-order chi connectivity index (χ0) is 14.0. The van der Waals surface area contributed by atoms with E-state index < -0.39 is 11.6 Å². The molecule has 0 saturated heterocycles. The molecule has 0 saturated carbocycles. The maximum Gasteiger partial charge on any atom is 0.144 e. The first-order chi connectivity index (χ1) is 9.01. The summed E-state index contributed by atoms with van der Waals surface area (Å²) >= 11 is 8.51. The van der Waals surface area contributed by atoms with Crippen molar-refractivity contribution in [3.63, 3.8) is 0 Å². The van der Waals surface area contributed by atoms with E-state index in [4.69, 9.17) is 12.2 Å². The minimum atomic E-state index is -0.643. The van der Waals surface area contributed by atoms with E-state index in [2.05, 4.69) is 25.9 Å². The first-order valence-corrected chi connectivity index (χ1v) is 6.96. The molecule has 0 atom stereocenters. The van der Waals surface area contributed by atoms with Crippen molar-refractivity contribution in [2.75, 3.05) is 0 Å². The van der Waals surface area contributed by atoms with E-state index in [0.717, 1.165) is 29.1 Å². The van der Waals surface area contributed by atoms with Gasteiger partial charge >= 0.3 is 0 Å². The quantitative estimate of drug-likeness (QED) is 0.810. The van der Waals surface area contributed by atoms with Gasteiger partial charge in [0.2, 0.25) is 0 Å². The van der Waals surface area contributed by atoms with Crippen LogP contribution in [0.3, 0.4) is 0 Å². The van der Waals surface area contributed by atoms with E-state index in [9.17, 15) is 8.78 Å². The number of rotatable bonds is 3. The molecular weight excluding hydrogens is 334 g/mol. The van der Waals surface area contributed by atoms with Gasteiger partial charge in [-0.3, -0.25) is 0 Å². The topological polar surface area (TPSA) is 28.7 Å². The lowest BCUT2D eigenvalue weighted by molar-refractivity contribution is 0.584. The van der Waals surface area contributed by atoms with Crippen LogP contribution in [0, 0.1) is 16.3 Å². The van der Waals surface area contributed by atoms with Gasteiger partial charge in [-0.05, 0) is 34.5 Å². The Morgan fingerprint density at radius 1 is 1.26 bits per heavy atom. The maximum atomic E-state index is 13.2. The third-order valence-electron chi connectivity index (χ3n) is 2.57. The number of H-pyrrole nitrogens is 1. The molecular formula is C13H11BrF2N2S. The van der Waals surface area contributed by atoms with Crippen molar-refractivity contribution in [2.24, 2.45) is 0 Å². The molecule has 1 aromatic carbocycles. The molecule has 1 heterocycles. The van der Waals surface area contributed by atoms with Gasteiger partial charge in [-0.1, -0.05) is 25.6 Å². The summed E-state index contributed by atoms with van der Waals surface area (Å²) in [5, 5.41) is 0. The predicted octanol–water partition coefficient (Wildman–Crippen LogP) is 4.80. The highest BCUT2D eigenvalue weighted by Crippen LogP contribution is 2.23. The molecule has 0 unspecified atom stereocenters. The lowest BCUT2D eigenvalue weighted by Crippen LogP contribution is -1.99. The minimum Gasteiger partial charge on any atom is -0.342 e. The zero-order valence-corrected chi connectivity index (χ0v) is 12.5. The van der Waals surface area contributed by atoms with E-state index in [1.54, 1.807) is 0 Å². The van der Waals surface area contributed by atoms with Crippen LogP contribution in [-0.4, -0.2) is 9.97 Å². The number of halogens is 3. The molecule has 0 radical (unpaired) electrons. The van der Waals surface area contributed by atoms with Crippen molar-refractivity contribution in [1.82, 2.24) is 9.97 Å². The highest BCUT2D eigenvalue weighted by atomic mass is 79.9. The molecule has 1 N–H and O–H groups in total. The standard InChI is InChI=1S/C13H11BrF2N2S/c1-2-3-10-11(14)13(19)18-12(17-10)7-4-8(15)6-9(16)5-7/h4-6H,2-3H2,1H3,(H,17,18,19). The fourth-order valence-corrected chi connectivity index (χ4v) is 2.36. The first kappa shape index (κ1) is 14.3. The fraction of sp³-hybridized carbons (Fsp3) is 0.231. The summed E-state index contributed by atoms with van der Waals surface area (Å²) in [6, 6.07) is 3.27. The third kappa shape index (κ3) is 3.25. The highest BCUT2D eigenvalue weighted by molar-refractivity contribution is 9.10. The predicted molar refractivity (Wildman–Crippen MR) is 76.5 cm³/mol. The van der Waals surface area contributed by atoms with Gasteiger partial charge in [0.05, 0.1) is 4.47 Å². The second-order valence-electron chi connectivity index (χ2n) is 4.09. The Hall–Kier alpha value is -1.14. The summed E-state index contributed by atoms with van der Waals surface area (Å²) < 4.78 is 27.6. The first-order valence-electron chi connectivity index (χ1n) is 5.76. The molecule has 0 fully saturated rings. The SMILES string of the molecule is CCCc1[nH]c(-c2cc(F)cc(F)c2)nc(=S)c1Br. The van der Waals surface area contributed by atoms with E-state index >= 15 is 0 Å². The minimum absolute atomic E-state index is 0.341. The van der Waals surface area contributed by atoms with Crippen LogP contribution in [0.25, 0.3) is 11.4 Å². The second kappa shape index (κ2) is 5.88. The van der Waals surface area contributed by atoms with Gasteiger partial charge in [-0.2, -0.15) is 0 Å². The molecule has 19 heavy (non-hydrogen) atoms. The number of hydrogen-bond acceptors (Lipinski definition) is 2. The Morgan fingerprint density at radius 3 is 2.47 bits per heavy atom. The number of aromatic amines is 1. The van der Waals surface area contributed by atoms with Crippen molar-refractivity contribution in [3.8, 4) is 11.4 Å². The van der Waals surface area contributed by atoms with Gasteiger partial charge in [-0.15, -0.1) is 0 Å². The van der Waals surface area contributed by atoms with Crippen molar-refractivity contribution < 1.29 is 8.78 Å². The molecule has 100 valence electrons. The highest BCUT2D eigenvalue weighted by Gasteiger charge is 2.09. The molecule has 1 aromatic heterocycles. The number of benzene rings is 1. The molecule has 0 bridgehead atoms. The fourth-order valence-electron chi connectivity index (χ4n) is 1.75. The normalized spacial score (nSPS) is 10.7. The summed E-state index contributed by atoms with van der Waals surface area (Å²) in [6.45, 7) is 2.03. The maximum absolute atomic E-state index is 13.2. The summed E-state index contributed by atoms with van der Waals surface area (Å²) in [7, 11) is 0. The van der Waals surface area contributed by atoms with Gasteiger partial charge in [0.1, 0.15) is 22.1 Å². The Labute approximate surface area is 123 Å². The molecule has 2 nitrogen and oxygen atoms in total. The lowest BCUT2D eigenvalue weighted by atomic mass is 10.2. The Kier molecular flexibility index (Phi) is 4.42. The average Bonchev–Trinajstić information content (AvgIpc) is 2.33. The number of hydrogen-bond donors (Lipinski definition) is 1. The van der Waals surface area contributed by atoms with E-state index in [1.165, 1.54) is 12.1 Å². The van der Waals surface area contributed by atoms with Crippen molar-refractivity contribution in [3.05, 3.63) is 44.6 Å². The van der Waals surface area contributed by atoms with Gasteiger partial charge < -0.3 is 4.98 Å². The summed E-state index contributed by atoms with van der Waals surface area (Å²) in [4.78, 5) is 7.21. The van der Waals surface area contributed by atoms with Crippen LogP contribution >= 0.6 is 28.1 Å². The van der Waals surface area contributed by atoms with Crippen molar-refractivity contribution in [2.45, 2.75) is 19.8 Å². The van der Waals surface area contributed by atoms with Crippen molar-refractivity contribution in [1.29, 1.82) is 0 Å². The Bertz CT molecular complexity index is 650. The molecule has 2 rings (SSSR count). The van der Waals surface area contributed by atoms with Crippen molar-refractivity contribution >= 4 is 28.1 Å². The molecule has 2 aromatic rings. The summed E-state index contributed by atoms with van der Waals surface area (Å²) in [5.74, 6) is -0.915. The van der Waals surface area contributed by atoms with E-state index in [0.29, 0.717) is 16.0 Å². The van der Waals surface area contributed by atoms with Gasteiger partial charge in [0.25, 0.3) is 0 Å². The molecule has 0 spiro atoms. The van der Waals surface area contributed by atoms with Gasteiger partial charge in [-0.25, -0.2) is 13.8 Å². The summed E-state index contributed by atoms with van der Waals surface area (Å²) in [6.07, 6.45) is 1.70. The second-order valence-corrected chi connectivity index (χ2v) is 5.27. The van der Waals surface area contributed by atoms with Crippen LogP contribution in [0.5, 0.6) is 0 Å². The average molecular weight is 345 g/mol. The number of nitrogens with one attached hydrogen (secondary N) is 1. The molecule has 0 aliphatic carbocycles. The van der Waals surface area contributed by atoms with Crippen LogP contribution in [0.1, 0.15) is 19.0 Å². The largest absolute Gasteiger partial charge is 0.342 e. The van der Waals surface area contributed by atoms with E-state index in [1.807, 2.05) is 6.92 Å². The zero-order valence-electron chi connectivity index (χ0n) is 10.1. The smallest absolute Gasteiger partial charge is 0.144 e. The van der Waals surface area contributed by atoms with Crippen LogP contribution in [0.2, 0.25) is 0 Å². The monoisotopic (exact) mass is 344 g/mol. The molecule has 0 aliphatic rings. The van der Waals surface area contributed by atoms with Gasteiger partial charge in [0, 0.05) is 17.3 Å². The molecule has 6 heteroatoms. The Balaban J connectivity index is 2.59. The van der Waals surface area contributed by atoms with Crippen LogP contribution < -0.4 is 0 Å². The molecule has 0 amide bonds. The summed E-state index contributed by atoms with van der Waals surface area (Å²) in [5.41, 5.74) is 1.22. The lowest BCUT2D eigenvalue weighted by Gasteiger charge is -2.08. The van der Waals surface area contributed by atoms with Gasteiger partial charge in [0.15, 0.2) is 0 Å². The number of aromatic nitrogens is 2. The number of aryl methyl sites for hydroxylation is 1. The Morgan fingerprint density at radius 2 is 1.89 bits per heavy atom. The number of nitrogens with zero attached hydrogens (tertiary/aromatic N) is 1. The van der Waals surface area contributed by atoms with E-state index in [-0.39, 0.29) is 0 Å². The van der Waals surface area contributed by atoms with Crippen LogP contribution in [-0.2, 0) is 6.42 Å². The third-order valence-corrected chi connectivity index (χ3v) is 3.98. The van der Waals surface area contributed by atoms with Crippen LogP contribution in [0.15, 0.2) is 22.7 Å². The molecule has 0 aliphatic heterocycles.